The summed E-state index contributed by atoms with van der Waals surface area (Å²) in [6.45, 7) is 2.15. The normalized spacial score (nSPS) is 12.5. The van der Waals surface area contributed by atoms with Gasteiger partial charge < -0.3 is 15.2 Å². The summed E-state index contributed by atoms with van der Waals surface area (Å²) in [4.78, 5) is 23.1. The molecule has 0 saturated heterocycles. The van der Waals surface area contributed by atoms with Crippen LogP contribution in [0.5, 0.6) is 0 Å². The van der Waals surface area contributed by atoms with Gasteiger partial charge in [0.15, 0.2) is 0 Å². The van der Waals surface area contributed by atoms with E-state index in [0.29, 0.717) is 0 Å². The number of rotatable bonds is 7. The van der Waals surface area contributed by atoms with Crippen molar-refractivity contribution in [1.82, 2.24) is 5.32 Å². The summed E-state index contributed by atoms with van der Waals surface area (Å²) < 4.78 is 4.96. The van der Waals surface area contributed by atoms with Gasteiger partial charge in [0.05, 0.1) is 12.5 Å². The van der Waals surface area contributed by atoms with E-state index in [1.807, 2.05) is 18.4 Å². The predicted octanol–water partition coefficient (Wildman–Crippen LogP) is 1.68. The van der Waals surface area contributed by atoms with Gasteiger partial charge in [-0.1, -0.05) is 0 Å². The minimum atomic E-state index is -0.953. The topological polar surface area (TPSA) is 75.6 Å². The third kappa shape index (κ3) is 5.67. The Hall–Kier alpha value is -1.66. The Labute approximate surface area is 115 Å². The average molecular weight is 283 g/mol. The molecule has 0 aromatic carbocycles. The number of carboxylic acid groups (broad SMARTS) is 1. The van der Waals surface area contributed by atoms with Gasteiger partial charge >= 0.3 is 5.97 Å². The summed E-state index contributed by atoms with van der Waals surface area (Å²) in [5.41, 5.74) is 1.12. The van der Waals surface area contributed by atoms with Crippen LogP contribution in [0.1, 0.15) is 16.9 Å². The number of carbonyl (C=O) groups excluding carboxylic acids is 1. The number of carbonyl (C=O) groups is 2. The van der Waals surface area contributed by atoms with Crippen molar-refractivity contribution < 1.29 is 19.4 Å². The van der Waals surface area contributed by atoms with Crippen LogP contribution in [0, 0.1) is 6.92 Å². The number of hydrogen-bond acceptors (Lipinski definition) is 4. The van der Waals surface area contributed by atoms with Crippen molar-refractivity contribution in [2.24, 2.45) is 0 Å². The quantitative estimate of drug-likeness (QED) is 0.746. The van der Waals surface area contributed by atoms with E-state index >= 15 is 0 Å². The summed E-state index contributed by atoms with van der Waals surface area (Å²) in [6.07, 6.45) is 2.53. The van der Waals surface area contributed by atoms with Crippen LogP contribution in [0.15, 0.2) is 17.5 Å². The maximum atomic E-state index is 11.6. The second-order valence-electron chi connectivity index (χ2n) is 4.00. The van der Waals surface area contributed by atoms with Crippen LogP contribution in [-0.2, 0) is 14.3 Å². The molecule has 2 N–H and O–H groups in total. The molecule has 0 aliphatic carbocycles. The summed E-state index contributed by atoms with van der Waals surface area (Å²) in [5.74, 6) is -1.22. The smallest absolute Gasteiger partial charge is 0.306 e. The first kappa shape index (κ1) is 15.4. The van der Waals surface area contributed by atoms with Crippen molar-refractivity contribution in [2.75, 3.05) is 13.7 Å². The Balaban J connectivity index is 2.41. The molecule has 1 rings (SSSR count). The highest BCUT2D eigenvalue weighted by Gasteiger charge is 2.12. The number of carboxylic acids is 1. The molecular weight excluding hydrogens is 266 g/mol. The first-order chi connectivity index (χ1) is 9.02. The minimum absolute atomic E-state index is 0.134. The van der Waals surface area contributed by atoms with Crippen LogP contribution in [0.4, 0.5) is 0 Å². The SMILES string of the molecule is COC(CNC(=O)/C=C/c1sccc1C)CC(=O)O. The van der Waals surface area contributed by atoms with Crippen molar-refractivity contribution in [3.63, 3.8) is 0 Å². The molecule has 1 amide bonds. The molecule has 104 valence electrons. The van der Waals surface area contributed by atoms with Crippen LogP contribution in [0.25, 0.3) is 6.08 Å². The number of amides is 1. The molecule has 0 spiro atoms. The molecule has 1 aromatic rings. The molecule has 0 bridgehead atoms. The van der Waals surface area contributed by atoms with E-state index in [4.69, 9.17) is 9.84 Å². The molecule has 0 fully saturated rings. The molecule has 1 aromatic heterocycles. The molecule has 19 heavy (non-hydrogen) atoms. The monoisotopic (exact) mass is 283 g/mol. The Morgan fingerprint density at radius 3 is 2.84 bits per heavy atom. The zero-order valence-electron chi connectivity index (χ0n) is 10.9. The minimum Gasteiger partial charge on any atom is -0.481 e. The van der Waals surface area contributed by atoms with Gasteiger partial charge in [0, 0.05) is 24.6 Å². The zero-order valence-corrected chi connectivity index (χ0v) is 11.7. The van der Waals surface area contributed by atoms with Crippen molar-refractivity contribution in [2.45, 2.75) is 19.4 Å². The largest absolute Gasteiger partial charge is 0.481 e. The van der Waals surface area contributed by atoms with Gasteiger partial charge in [-0.3, -0.25) is 9.59 Å². The molecule has 1 atom stereocenters. The van der Waals surface area contributed by atoms with E-state index in [-0.39, 0.29) is 18.9 Å². The first-order valence-electron chi connectivity index (χ1n) is 5.77. The molecule has 1 unspecified atom stereocenters. The third-order valence-electron chi connectivity index (χ3n) is 2.53. The predicted molar refractivity (Wildman–Crippen MR) is 74.1 cm³/mol. The van der Waals surface area contributed by atoms with Crippen molar-refractivity contribution in [1.29, 1.82) is 0 Å². The Bertz CT molecular complexity index is 467. The number of nitrogens with one attached hydrogen (secondary N) is 1. The number of aryl methyl sites for hydroxylation is 1. The van der Waals surface area contributed by atoms with E-state index in [9.17, 15) is 9.59 Å². The van der Waals surface area contributed by atoms with Gasteiger partial charge in [-0.15, -0.1) is 11.3 Å². The Morgan fingerprint density at radius 2 is 2.32 bits per heavy atom. The van der Waals surface area contributed by atoms with Crippen molar-refractivity contribution in [3.8, 4) is 0 Å². The average Bonchev–Trinajstić information content (AvgIpc) is 2.77. The third-order valence-corrected chi connectivity index (χ3v) is 3.51. The van der Waals surface area contributed by atoms with E-state index in [1.54, 1.807) is 17.4 Å². The Morgan fingerprint density at radius 1 is 1.58 bits per heavy atom. The molecule has 0 aliphatic rings. The van der Waals surface area contributed by atoms with Gasteiger partial charge in [-0.2, -0.15) is 0 Å². The lowest BCUT2D eigenvalue weighted by Crippen LogP contribution is -2.33. The fourth-order valence-electron chi connectivity index (χ4n) is 1.41. The summed E-state index contributed by atoms with van der Waals surface area (Å²) in [7, 11) is 1.42. The second kappa shape index (κ2) is 7.70. The van der Waals surface area contributed by atoms with E-state index in [2.05, 4.69) is 5.32 Å². The molecule has 5 nitrogen and oxygen atoms in total. The number of thiophene rings is 1. The highest BCUT2D eigenvalue weighted by Crippen LogP contribution is 2.16. The van der Waals surface area contributed by atoms with Gasteiger partial charge in [-0.05, 0) is 30.0 Å². The number of ether oxygens (including phenoxy) is 1. The van der Waals surface area contributed by atoms with Gasteiger partial charge in [-0.25, -0.2) is 0 Å². The first-order valence-corrected chi connectivity index (χ1v) is 6.65. The summed E-state index contributed by atoms with van der Waals surface area (Å²) in [5, 5.41) is 13.2. The molecule has 0 radical (unpaired) electrons. The van der Waals surface area contributed by atoms with E-state index in [0.717, 1.165) is 10.4 Å². The zero-order chi connectivity index (χ0) is 14.3. The molecular formula is C13H17NO4S. The van der Waals surface area contributed by atoms with Crippen LogP contribution in [0.2, 0.25) is 0 Å². The summed E-state index contributed by atoms with van der Waals surface area (Å²) in [6, 6.07) is 1.98. The van der Waals surface area contributed by atoms with Gasteiger partial charge in [0.2, 0.25) is 5.91 Å². The Kier molecular flexibility index (Phi) is 6.24. The van der Waals surface area contributed by atoms with Gasteiger partial charge in [0.25, 0.3) is 0 Å². The van der Waals surface area contributed by atoms with E-state index in [1.165, 1.54) is 13.2 Å². The van der Waals surface area contributed by atoms with E-state index < -0.39 is 12.1 Å². The molecule has 6 heteroatoms. The number of methoxy groups -OCH3 is 1. The van der Waals surface area contributed by atoms with Crippen LogP contribution in [-0.4, -0.2) is 36.7 Å². The van der Waals surface area contributed by atoms with Crippen molar-refractivity contribution >= 4 is 29.3 Å². The number of hydrogen-bond donors (Lipinski definition) is 2. The summed E-state index contributed by atoms with van der Waals surface area (Å²) >= 11 is 1.56. The fourth-order valence-corrected chi connectivity index (χ4v) is 2.23. The van der Waals surface area contributed by atoms with Crippen LogP contribution >= 0.6 is 11.3 Å². The van der Waals surface area contributed by atoms with Gasteiger partial charge in [0.1, 0.15) is 0 Å². The number of aliphatic carboxylic acids is 1. The maximum absolute atomic E-state index is 11.6. The van der Waals surface area contributed by atoms with Crippen LogP contribution in [0.3, 0.4) is 0 Å². The van der Waals surface area contributed by atoms with Crippen LogP contribution < -0.4 is 5.32 Å². The molecule has 1 heterocycles. The lowest BCUT2D eigenvalue weighted by atomic mass is 10.2. The van der Waals surface area contributed by atoms with Crippen molar-refractivity contribution in [3.05, 3.63) is 28.0 Å². The highest BCUT2D eigenvalue weighted by molar-refractivity contribution is 7.11. The molecule has 0 saturated carbocycles. The molecule has 0 aliphatic heterocycles. The lowest BCUT2D eigenvalue weighted by molar-refractivity contribution is -0.140. The standard InChI is InChI=1S/C13H17NO4S/c1-9-5-6-19-11(9)3-4-12(15)14-8-10(18-2)7-13(16)17/h3-6,10H,7-8H2,1-2H3,(H,14,15)(H,16,17)/b4-3+. The second-order valence-corrected chi connectivity index (χ2v) is 4.95. The maximum Gasteiger partial charge on any atom is 0.306 e. The lowest BCUT2D eigenvalue weighted by Gasteiger charge is -2.12. The highest BCUT2D eigenvalue weighted by atomic mass is 32.1. The fraction of sp³-hybridized carbons (Fsp3) is 0.385.